The number of nitriles is 1. The number of halogens is 1. The van der Waals surface area contributed by atoms with E-state index < -0.39 is 0 Å². The van der Waals surface area contributed by atoms with Crippen LogP contribution in [0.5, 0.6) is 0 Å². The Morgan fingerprint density at radius 1 is 1.57 bits per heavy atom. The Hall–Kier alpha value is -0.460. The molecule has 0 saturated carbocycles. The van der Waals surface area contributed by atoms with Gasteiger partial charge in [0.15, 0.2) is 0 Å². The Morgan fingerprint density at radius 2 is 2.36 bits per heavy atom. The average Bonchev–Trinajstić information content (AvgIpc) is 2.15. The fourth-order valence-corrected chi connectivity index (χ4v) is 2.23. The fourth-order valence-electron chi connectivity index (χ4n) is 1.30. The maximum atomic E-state index is 8.43. The number of rotatable bonds is 4. The van der Waals surface area contributed by atoms with Crippen LogP contribution in [0, 0.1) is 16.6 Å². The zero-order valence-corrected chi connectivity index (χ0v) is 10.4. The van der Waals surface area contributed by atoms with Gasteiger partial charge in [-0.15, -0.1) is 0 Å². The Labute approximate surface area is 97.6 Å². The molecule has 3 heteroatoms. The lowest BCUT2D eigenvalue weighted by Crippen LogP contribution is -2.02. The number of hydrogen-bond acceptors (Lipinski definition) is 2. The summed E-state index contributed by atoms with van der Waals surface area (Å²) in [5, 5.41) is 10.5. The summed E-state index contributed by atoms with van der Waals surface area (Å²) in [6.07, 6.45) is 1.04. The summed E-state index contributed by atoms with van der Waals surface area (Å²) >= 11 is 4.78. The molecule has 0 N–H and O–H groups in total. The molecule has 0 bridgehead atoms. The van der Waals surface area contributed by atoms with Crippen molar-refractivity contribution in [3.8, 4) is 5.40 Å². The summed E-state index contributed by atoms with van der Waals surface area (Å²) < 4.78 is 1.12. The van der Waals surface area contributed by atoms with Crippen LogP contribution >= 0.6 is 27.7 Å². The monoisotopic (exact) mass is 269 g/mol. The van der Waals surface area contributed by atoms with E-state index in [9.17, 15) is 0 Å². The van der Waals surface area contributed by atoms with Crippen molar-refractivity contribution in [1.29, 1.82) is 5.26 Å². The highest BCUT2D eigenvalue weighted by molar-refractivity contribution is 9.10. The summed E-state index contributed by atoms with van der Waals surface area (Å²) in [6, 6.07) is 8.33. The second-order valence-corrected chi connectivity index (χ2v) is 5.06. The molecular formula is C11H12BrNS. The Morgan fingerprint density at radius 3 is 3.00 bits per heavy atom. The second-order valence-electron chi connectivity index (χ2n) is 3.34. The maximum absolute atomic E-state index is 8.43. The molecule has 0 aliphatic carbocycles. The minimum Gasteiger partial charge on any atom is -0.185 e. The lowest BCUT2D eigenvalue weighted by Gasteiger charge is -2.08. The first kappa shape index (κ1) is 11.6. The van der Waals surface area contributed by atoms with E-state index in [-0.39, 0.29) is 0 Å². The molecule has 0 radical (unpaired) electrons. The maximum Gasteiger partial charge on any atom is 0.133 e. The molecule has 0 amide bonds. The van der Waals surface area contributed by atoms with Gasteiger partial charge in [0.25, 0.3) is 0 Å². The van der Waals surface area contributed by atoms with Crippen molar-refractivity contribution in [2.24, 2.45) is 5.92 Å². The third-order valence-electron chi connectivity index (χ3n) is 1.91. The summed E-state index contributed by atoms with van der Waals surface area (Å²) in [5.74, 6) is 1.46. The highest BCUT2D eigenvalue weighted by Gasteiger charge is 2.03. The van der Waals surface area contributed by atoms with Crippen molar-refractivity contribution in [2.75, 3.05) is 5.75 Å². The fraction of sp³-hybridized carbons (Fsp3) is 0.364. The van der Waals surface area contributed by atoms with E-state index in [2.05, 4.69) is 40.4 Å². The number of thioether (sulfide) groups is 1. The van der Waals surface area contributed by atoms with E-state index in [1.165, 1.54) is 17.3 Å². The van der Waals surface area contributed by atoms with Crippen molar-refractivity contribution in [2.45, 2.75) is 13.3 Å². The van der Waals surface area contributed by atoms with Crippen molar-refractivity contribution in [3.05, 3.63) is 34.3 Å². The van der Waals surface area contributed by atoms with Gasteiger partial charge in [-0.2, -0.15) is 5.26 Å². The molecular weight excluding hydrogens is 258 g/mol. The van der Waals surface area contributed by atoms with Gasteiger partial charge in [0.1, 0.15) is 5.40 Å². The first-order chi connectivity index (χ1) is 6.72. The van der Waals surface area contributed by atoms with Crippen molar-refractivity contribution in [3.63, 3.8) is 0 Å². The van der Waals surface area contributed by atoms with Gasteiger partial charge in [-0.25, -0.2) is 0 Å². The van der Waals surface area contributed by atoms with Crippen LogP contribution in [0.15, 0.2) is 28.7 Å². The molecule has 1 rings (SSSR count). The van der Waals surface area contributed by atoms with E-state index in [1.54, 1.807) is 0 Å². The topological polar surface area (TPSA) is 23.8 Å². The predicted molar refractivity (Wildman–Crippen MR) is 65.1 cm³/mol. The minimum atomic E-state index is 0.550. The zero-order valence-electron chi connectivity index (χ0n) is 8.03. The Balaban J connectivity index is 2.48. The lowest BCUT2D eigenvalue weighted by atomic mass is 10.0. The third kappa shape index (κ3) is 4.17. The van der Waals surface area contributed by atoms with Crippen LogP contribution in [-0.4, -0.2) is 5.75 Å². The van der Waals surface area contributed by atoms with Crippen LogP contribution < -0.4 is 0 Å². The second kappa shape index (κ2) is 6.10. The molecule has 0 heterocycles. The van der Waals surface area contributed by atoms with E-state index in [1.807, 2.05) is 12.1 Å². The van der Waals surface area contributed by atoms with Gasteiger partial charge in [-0.05, 0) is 41.8 Å². The normalized spacial score (nSPS) is 12.1. The van der Waals surface area contributed by atoms with Crippen LogP contribution in [0.4, 0.5) is 0 Å². The summed E-state index contributed by atoms with van der Waals surface area (Å²) in [7, 11) is 0. The van der Waals surface area contributed by atoms with Crippen molar-refractivity contribution >= 4 is 27.7 Å². The van der Waals surface area contributed by atoms with Gasteiger partial charge < -0.3 is 0 Å². The number of thiocyanates is 1. The van der Waals surface area contributed by atoms with Crippen LogP contribution in [0.3, 0.4) is 0 Å². The SMILES string of the molecule is CC(CSC#N)Cc1cccc(Br)c1. The highest BCUT2D eigenvalue weighted by atomic mass is 79.9. The van der Waals surface area contributed by atoms with Crippen molar-refractivity contribution < 1.29 is 0 Å². The number of hydrogen-bond donors (Lipinski definition) is 0. The summed E-state index contributed by atoms with van der Waals surface area (Å²) in [5.41, 5.74) is 1.32. The first-order valence-electron chi connectivity index (χ1n) is 4.47. The van der Waals surface area contributed by atoms with Gasteiger partial charge in [0.2, 0.25) is 0 Å². The zero-order chi connectivity index (χ0) is 10.4. The van der Waals surface area contributed by atoms with E-state index >= 15 is 0 Å². The van der Waals surface area contributed by atoms with Crippen LogP contribution in [0.25, 0.3) is 0 Å². The van der Waals surface area contributed by atoms with Gasteiger partial charge in [-0.3, -0.25) is 0 Å². The summed E-state index contributed by atoms with van der Waals surface area (Å²) in [6.45, 7) is 2.17. The average molecular weight is 270 g/mol. The van der Waals surface area contributed by atoms with Gasteiger partial charge in [-0.1, -0.05) is 35.0 Å². The van der Waals surface area contributed by atoms with Crippen LogP contribution in [0.2, 0.25) is 0 Å². The quantitative estimate of drug-likeness (QED) is 0.776. The number of nitrogens with zero attached hydrogens (tertiary/aromatic N) is 1. The van der Waals surface area contributed by atoms with Crippen LogP contribution in [-0.2, 0) is 6.42 Å². The molecule has 1 aromatic rings. The Bertz CT molecular complexity index is 332. The number of benzene rings is 1. The predicted octanol–water partition coefficient (Wildman–Crippen LogP) is 3.84. The van der Waals surface area contributed by atoms with Crippen LogP contribution in [0.1, 0.15) is 12.5 Å². The van der Waals surface area contributed by atoms with E-state index in [4.69, 9.17) is 5.26 Å². The van der Waals surface area contributed by atoms with Crippen molar-refractivity contribution in [1.82, 2.24) is 0 Å². The standard InChI is InChI=1S/C11H12BrNS/c1-9(7-14-8-13)5-10-3-2-4-11(12)6-10/h2-4,6,9H,5,7H2,1H3. The molecule has 0 spiro atoms. The van der Waals surface area contributed by atoms with E-state index in [0.29, 0.717) is 5.92 Å². The molecule has 74 valence electrons. The molecule has 0 aromatic heterocycles. The molecule has 0 aliphatic heterocycles. The smallest absolute Gasteiger partial charge is 0.133 e. The molecule has 0 saturated heterocycles. The van der Waals surface area contributed by atoms with Gasteiger partial charge in [0, 0.05) is 10.2 Å². The molecule has 1 atom stereocenters. The van der Waals surface area contributed by atoms with Gasteiger partial charge in [0.05, 0.1) is 0 Å². The Kier molecular flexibility index (Phi) is 5.06. The third-order valence-corrected chi connectivity index (χ3v) is 3.26. The highest BCUT2D eigenvalue weighted by Crippen LogP contribution is 2.17. The molecule has 1 aromatic carbocycles. The molecule has 0 aliphatic rings. The lowest BCUT2D eigenvalue weighted by molar-refractivity contribution is 0.659. The minimum absolute atomic E-state index is 0.550. The van der Waals surface area contributed by atoms with Gasteiger partial charge >= 0.3 is 0 Å². The van der Waals surface area contributed by atoms with E-state index in [0.717, 1.165) is 16.6 Å². The molecule has 1 nitrogen and oxygen atoms in total. The molecule has 1 unspecified atom stereocenters. The first-order valence-corrected chi connectivity index (χ1v) is 6.25. The summed E-state index contributed by atoms with van der Waals surface area (Å²) in [4.78, 5) is 0. The largest absolute Gasteiger partial charge is 0.185 e. The molecule has 0 fully saturated rings. The molecule has 14 heavy (non-hydrogen) atoms.